The molecular formula is C19H32N2. The molecular weight excluding hydrogens is 256 g/mol. The third kappa shape index (κ3) is 5.44. The third-order valence-electron chi connectivity index (χ3n) is 4.30. The maximum Gasteiger partial charge on any atom is 0.0332 e. The molecule has 21 heavy (non-hydrogen) atoms. The lowest BCUT2D eigenvalue weighted by molar-refractivity contribution is 0.222. The average molecular weight is 288 g/mol. The zero-order valence-corrected chi connectivity index (χ0v) is 14.2. The van der Waals surface area contributed by atoms with Gasteiger partial charge in [0.05, 0.1) is 0 Å². The van der Waals surface area contributed by atoms with Crippen LogP contribution in [0.15, 0.2) is 24.3 Å². The van der Waals surface area contributed by atoms with Gasteiger partial charge in [-0.3, -0.25) is 0 Å². The van der Waals surface area contributed by atoms with Crippen molar-refractivity contribution in [2.45, 2.75) is 59.0 Å². The zero-order chi connectivity index (χ0) is 15.2. The number of nitrogens with zero attached hydrogens (tertiary/aromatic N) is 1. The van der Waals surface area contributed by atoms with Gasteiger partial charge < -0.3 is 10.2 Å². The Hall–Kier alpha value is -0.860. The molecule has 0 heterocycles. The van der Waals surface area contributed by atoms with Crippen molar-refractivity contribution >= 4 is 0 Å². The standard InChI is InChI=1S/C19H32N2/c1-5-20-19(17-8-6-16(4)7-9-17)12-13-21(14-15(2)3)18-10-11-18/h6-9,15,18-20H,5,10-14H2,1-4H3. The molecule has 0 spiro atoms. The van der Waals surface area contributed by atoms with Crippen LogP contribution in [0, 0.1) is 12.8 Å². The highest BCUT2D eigenvalue weighted by Crippen LogP contribution is 2.29. The largest absolute Gasteiger partial charge is 0.310 e. The summed E-state index contributed by atoms with van der Waals surface area (Å²) < 4.78 is 0. The molecule has 1 aliphatic carbocycles. The molecule has 1 atom stereocenters. The van der Waals surface area contributed by atoms with E-state index < -0.39 is 0 Å². The molecule has 0 aromatic heterocycles. The van der Waals surface area contributed by atoms with Crippen molar-refractivity contribution in [1.29, 1.82) is 0 Å². The smallest absolute Gasteiger partial charge is 0.0332 e. The normalized spacial score (nSPS) is 16.7. The Morgan fingerprint density at radius 2 is 1.86 bits per heavy atom. The van der Waals surface area contributed by atoms with Crippen LogP contribution >= 0.6 is 0 Å². The van der Waals surface area contributed by atoms with E-state index in [0.717, 1.165) is 18.5 Å². The number of rotatable bonds is 9. The van der Waals surface area contributed by atoms with Gasteiger partial charge >= 0.3 is 0 Å². The Kier molecular flexibility index (Phi) is 6.25. The van der Waals surface area contributed by atoms with Crippen molar-refractivity contribution in [2.24, 2.45) is 5.92 Å². The van der Waals surface area contributed by atoms with Crippen LogP contribution in [0.5, 0.6) is 0 Å². The van der Waals surface area contributed by atoms with Gasteiger partial charge in [-0.15, -0.1) is 0 Å². The number of aryl methyl sites for hydroxylation is 1. The first-order valence-corrected chi connectivity index (χ1v) is 8.64. The first-order valence-electron chi connectivity index (χ1n) is 8.64. The van der Waals surface area contributed by atoms with Gasteiger partial charge in [-0.2, -0.15) is 0 Å². The van der Waals surface area contributed by atoms with Crippen molar-refractivity contribution in [3.63, 3.8) is 0 Å². The molecule has 1 aliphatic rings. The van der Waals surface area contributed by atoms with Crippen LogP contribution in [0.4, 0.5) is 0 Å². The highest BCUT2D eigenvalue weighted by molar-refractivity contribution is 5.24. The Labute approximate surface area is 130 Å². The highest BCUT2D eigenvalue weighted by atomic mass is 15.2. The summed E-state index contributed by atoms with van der Waals surface area (Å²) in [5.74, 6) is 0.766. The molecule has 1 saturated carbocycles. The molecule has 1 unspecified atom stereocenters. The summed E-state index contributed by atoms with van der Waals surface area (Å²) in [6.45, 7) is 12.5. The summed E-state index contributed by atoms with van der Waals surface area (Å²) >= 11 is 0. The van der Waals surface area contributed by atoms with Crippen LogP contribution in [0.2, 0.25) is 0 Å². The topological polar surface area (TPSA) is 15.3 Å². The molecule has 2 rings (SSSR count). The van der Waals surface area contributed by atoms with Gasteiger partial charge in [0.1, 0.15) is 0 Å². The van der Waals surface area contributed by atoms with Crippen LogP contribution in [-0.4, -0.2) is 30.6 Å². The predicted molar refractivity (Wildman–Crippen MR) is 91.6 cm³/mol. The highest BCUT2D eigenvalue weighted by Gasteiger charge is 2.29. The van der Waals surface area contributed by atoms with E-state index in [4.69, 9.17) is 0 Å². The second-order valence-electron chi connectivity index (χ2n) is 6.93. The van der Waals surface area contributed by atoms with Crippen molar-refractivity contribution in [3.8, 4) is 0 Å². The lowest BCUT2D eigenvalue weighted by Gasteiger charge is -2.27. The first-order chi connectivity index (χ1) is 10.1. The first kappa shape index (κ1) is 16.5. The quantitative estimate of drug-likeness (QED) is 0.734. The van der Waals surface area contributed by atoms with E-state index in [1.165, 1.54) is 43.5 Å². The van der Waals surface area contributed by atoms with Crippen molar-refractivity contribution in [2.75, 3.05) is 19.6 Å². The minimum Gasteiger partial charge on any atom is -0.310 e. The third-order valence-corrected chi connectivity index (χ3v) is 4.30. The van der Waals surface area contributed by atoms with Gasteiger partial charge in [-0.25, -0.2) is 0 Å². The summed E-state index contributed by atoms with van der Waals surface area (Å²) in [6, 6.07) is 10.4. The number of nitrogens with one attached hydrogen (secondary N) is 1. The van der Waals surface area contributed by atoms with E-state index in [2.05, 4.69) is 62.2 Å². The fourth-order valence-electron chi connectivity index (χ4n) is 3.06. The summed E-state index contributed by atoms with van der Waals surface area (Å²) in [5, 5.41) is 3.66. The van der Waals surface area contributed by atoms with Crippen LogP contribution in [-0.2, 0) is 0 Å². The predicted octanol–water partition coefficient (Wildman–Crippen LogP) is 4.16. The number of hydrogen-bond donors (Lipinski definition) is 1. The minimum atomic E-state index is 0.490. The summed E-state index contributed by atoms with van der Waals surface area (Å²) in [4.78, 5) is 2.71. The van der Waals surface area contributed by atoms with E-state index in [1.54, 1.807) is 0 Å². The molecule has 0 radical (unpaired) electrons. The summed E-state index contributed by atoms with van der Waals surface area (Å²) in [7, 11) is 0. The van der Waals surface area contributed by atoms with Crippen molar-refractivity contribution in [1.82, 2.24) is 10.2 Å². The minimum absolute atomic E-state index is 0.490. The van der Waals surface area contributed by atoms with Gasteiger partial charge in [-0.05, 0) is 44.2 Å². The molecule has 0 saturated heterocycles. The lowest BCUT2D eigenvalue weighted by atomic mass is 10.0. The number of hydrogen-bond acceptors (Lipinski definition) is 2. The van der Waals surface area contributed by atoms with Crippen LogP contribution in [0.3, 0.4) is 0 Å². The monoisotopic (exact) mass is 288 g/mol. The molecule has 2 heteroatoms. The van der Waals surface area contributed by atoms with E-state index >= 15 is 0 Å². The van der Waals surface area contributed by atoms with E-state index in [0.29, 0.717) is 6.04 Å². The molecule has 118 valence electrons. The fourth-order valence-corrected chi connectivity index (χ4v) is 3.06. The van der Waals surface area contributed by atoms with Gasteiger partial charge in [-0.1, -0.05) is 50.6 Å². The molecule has 0 bridgehead atoms. The summed E-state index contributed by atoms with van der Waals surface area (Å²) in [5.41, 5.74) is 2.77. The number of benzene rings is 1. The Morgan fingerprint density at radius 3 is 2.38 bits per heavy atom. The molecule has 2 nitrogen and oxygen atoms in total. The molecule has 1 fully saturated rings. The Bertz CT molecular complexity index is 406. The van der Waals surface area contributed by atoms with Crippen LogP contribution < -0.4 is 5.32 Å². The molecule has 1 N–H and O–H groups in total. The SMILES string of the molecule is CCNC(CCN(CC(C)C)C1CC1)c1ccc(C)cc1. The molecule has 0 amide bonds. The maximum absolute atomic E-state index is 3.66. The maximum atomic E-state index is 3.66. The van der Waals surface area contributed by atoms with Gasteiger partial charge in [0.2, 0.25) is 0 Å². The Morgan fingerprint density at radius 1 is 1.19 bits per heavy atom. The van der Waals surface area contributed by atoms with E-state index in [1.807, 2.05) is 0 Å². The Balaban J connectivity index is 1.93. The van der Waals surface area contributed by atoms with Crippen molar-refractivity contribution in [3.05, 3.63) is 35.4 Å². The van der Waals surface area contributed by atoms with Gasteiger partial charge in [0, 0.05) is 25.2 Å². The van der Waals surface area contributed by atoms with E-state index in [9.17, 15) is 0 Å². The molecule has 0 aliphatic heterocycles. The second kappa shape index (κ2) is 7.95. The zero-order valence-electron chi connectivity index (χ0n) is 14.2. The van der Waals surface area contributed by atoms with E-state index in [-0.39, 0.29) is 0 Å². The molecule has 1 aromatic rings. The van der Waals surface area contributed by atoms with Crippen LogP contribution in [0.25, 0.3) is 0 Å². The second-order valence-corrected chi connectivity index (χ2v) is 6.93. The van der Waals surface area contributed by atoms with Crippen LogP contribution in [0.1, 0.15) is 57.2 Å². The molecule has 1 aromatic carbocycles. The average Bonchev–Trinajstić information content (AvgIpc) is 3.27. The van der Waals surface area contributed by atoms with Gasteiger partial charge in [0.25, 0.3) is 0 Å². The van der Waals surface area contributed by atoms with Gasteiger partial charge in [0.15, 0.2) is 0 Å². The van der Waals surface area contributed by atoms with Crippen molar-refractivity contribution < 1.29 is 0 Å². The summed E-state index contributed by atoms with van der Waals surface area (Å²) in [6.07, 6.45) is 4.02. The lowest BCUT2D eigenvalue weighted by Crippen LogP contribution is -2.33. The fraction of sp³-hybridized carbons (Fsp3) is 0.684.